The Morgan fingerprint density at radius 2 is 1.50 bits per heavy atom. The Hall–Kier alpha value is -3.60. The van der Waals surface area contributed by atoms with Gasteiger partial charge in [-0.25, -0.2) is 14.4 Å². The number of hydrogen-bond acceptors (Lipinski definition) is 8. The van der Waals surface area contributed by atoms with Crippen LogP contribution in [-0.4, -0.2) is 69.8 Å². The zero-order chi connectivity index (χ0) is 29.3. The number of rotatable bonds is 2. The maximum absolute atomic E-state index is 13.7. The Morgan fingerprint density at radius 1 is 0.900 bits per heavy atom. The highest BCUT2D eigenvalue weighted by atomic mass is 35.5. The van der Waals surface area contributed by atoms with Crippen molar-refractivity contribution in [1.29, 1.82) is 0 Å². The van der Waals surface area contributed by atoms with Crippen LogP contribution in [0.4, 0.5) is 25.9 Å². The van der Waals surface area contributed by atoms with Crippen molar-refractivity contribution < 1.29 is 28.6 Å². The SMILES string of the molecule is CC(C)(C)OC(=O)N1CC2(CCN(C(=O)OCc3ccccc3)CC2)N(C(=O)OC(C)(C)C)c2cc(Cl)nnc21. The molecular formula is C28H36ClN5O6. The lowest BCUT2D eigenvalue weighted by Gasteiger charge is -2.52. The molecule has 0 aliphatic carbocycles. The number of fused-ring (bicyclic) bond motifs is 1. The van der Waals surface area contributed by atoms with E-state index in [1.807, 2.05) is 30.3 Å². The zero-order valence-corrected chi connectivity index (χ0v) is 24.5. The van der Waals surface area contributed by atoms with Gasteiger partial charge in [0.15, 0.2) is 11.0 Å². The highest BCUT2D eigenvalue weighted by Crippen LogP contribution is 2.45. The zero-order valence-electron chi connectivity index (χ0n) is 23.8. The predicted molar refractivity (Wildman–Crippen MR) is 149 cm³/mol. The summed E-state index contributed by atoms with van der Waals surface area (Å²) in [5.41, 5.74) is -1.32. The lowest BCUT2D eigenvalue weighted by Crippen LogP contribution is -2.67. The minimum atomic E-state index is -0.936. The molecule has 0 radical (unpaired) electrons. The normalized spacial score (nSPS) is 16.8. The van der Waals surface area contributed by atoms with Gasteiger partial charge in [0, 0.05) is 19.2 Å². The summed E-state index contributed by atoms with van der Waals surface area (Å²) in [7, 11) is 0. The van der Waals surface area contributed by atoms with Gasteiger partial charge in [0.25, 0.3) is 0 Å². The van der Waals surface area contributed by atoms with Crippen molar-refractivity contribution >= 4 is 41.4 Å². The van der Waals surface area contributed by atoms with Crippen molar-refractivity contribution in [3.63, 3.8) is 0 Å². The molecule has 0 N–H and O–H groups in total. The monoisotopic (exact) mass is 573 g/mol. The maximum atomic E-state index is 13.7. The molecule has 0 unspecified atom stereocenters. The van der Waals surface area contributed by atoms with Crippen molar-refractivity contribution in [3.8, 4) is 0 Å². The van der Waals surface area contributed by atoms with Crippen LogP contribution in [0.3, 0.4) is 0 Å². The first-order chi connectivity index (χ1) is 18.7. The van der Waals surface area contributed by atoms with E-state index < -0.39 is 35.0 Å². The fraction of sp³-hybridized carbons (Fsp3) is 0.536. The van der Waals surface area contributed by atoms with Gasteiger partial charge in [0.2, 0.25) is 0 Å². The van der Waals surface area contributed by atoms with Gasteiger partial charge in [-0.3, -0.25) is 9.80 Å². The summed E-state index contributed by atoms with van der Waals surface area (Å²) in [6, 6.07) is 10.9. The van der Waals surface area contributed by atoms with Crippen LogP contribution in [0.15, 0.2) is 36.4 Å². The van der Waals surface area contributed by atoms with Gasteiger partial charge in [-0.15, -0.1) is 10.2 Å². The molecule has 2 aromatic rings. The quantitative estimate of drug-likeness (QED) is 0.414. The van der Waals surface area contributed by atoms with Gasteiger partial charge in [-0.1, -0.05) is 41.9 Å². The van der Waals surface area contributed by atoms with E-state index >= 15 is 0 Å². The summed E-state index contributed by atoms with van der Waals surface area (Å²) in [5, 5.41) is 8.14. The largest absolute Gasteiger partial charge is 0.445 e. The van der Waals surface area contributed by atoms with E-state index in [-0.39, 0.29) is 42.9 Å². The summed E-state index contributed by atoms with van der Waals surface area (Å²) < 4.78 is 17.0. The van der Waals surface area contributed by atoms with E-state index in [4.69, 9.17) is 25.8 Å². The summed E-state index contributed by atoms with van der Waals surface area (Å²) in [6.07, 6.45) is -1.01. The molecule has 0 bridgehead atoms. The first-order valence-electron chi connectivity index (χ1n) is 13.2. The number of carbonyl (C=O) groups is 3. The molecule has 2 aliphatic rings. The standard InChI is InChI=1S/C28H36ClN5O6/c1-26(2,3)39-24(36)33-18-28(12-14-32(15-13-28)23(35)38-17-19-10-8-7-9-11-19)34(25(37)40-27(4,5)6)20-16-21(29)30-31-22(20)33/h7-11,16H,12-15,17-18H2,1-6H3. The molecule has 2 aliphatic heterocycles. The van der Waals surface area contributed by atoms with Gasteiger partial charge in [0.05, 0.1) is 17.8 Å². The minimum Gasteiger partial charge on any atom is -0.445 e. The van der Waals surface area contributed by atoms with Crippen LogP contribution < -0.4 is 9.80 Å². The number of aromatic nitrogens is 2. The Bertz CT molecular complexity index is 1250. The van der Waals surface area contributed by atoms with Gasteiger partial charge < -0.3 is 19.1 Å². The average molecular weight is 574 g/mol. The summed E-state index contributed by atoms with van der Waals surface area (Å²) >= 11 is 6.23. The van der Waals surface area contributed by atoms with Crippen molar-refractivity contribution in [2.24, 2.45) is 0 Å². The third-order valence-electron chi connectivity index (χ3n) is 6.50. The molecule has 0 saturated carbocycles. The first kappa shape index (κ1) is 29.4. The Morgan fingerprint density at radius 3 is 2.10 bits per heavy atom. The number of hydrogen-bond donors (Lipinski definition) is 0. The van der Waals surface area contributed by atoms with Crippen LogP contribution in [0.1, 0.15) is 59.9 Å². The van der Waals surface area contributed by atoms with Crippen molar-refractivity contribution in [2.75, 3.05) is 29.4 Å². The van der Waals surface area contributed by atoms with E-state index in [0.29, 0.717) is 12.8 Å². The topological polar surface area (TPSA) is 114 Å². The number of likely N-dealkylation sites (tertiary alicyclic amines) is 1. The van der Waals surface area contributed by atoms with E-state index in [2.05, 4.69) is 10.2 Å². The van der Waals surface area contributed by atoms with Gasteiger partial charge in [-0.05, 0) is 59.9 Å². The molecule has 3 heterocycles. The molecule has 216 valence electrons. The maximum Gasteiger partial charge on any atom is 0.416 e. The molecule has 3 amide bonds. The van der Waals surface area contributed by atoms with Crippen LogP contribution >= 0.6 is 11.6 Å². The first-order valence-corrected chi connectivity index (χ1v) is 13.6. The summed E-state index contributed by atoms with van der Waals surface area (Å²) in [6.45, 7) is 11.4. The molecule has 0 atom stereocenters. The Balaban J connectivity index is 1.64. The second-order valence-electron chi connectivity index (χ2n) is 12.0. The second kappa shape index (κ2) is 11.1. The molecule has 1 aromatic heterocycles. The number of nitrogens with zero attached hydrogens (tertiary/aromatic N) is 5. The molecule has 1 fully saturated rings. The molecule has 1 aromatic carbocycles. The smallest absolute Gasteiger partial charge is 0.416 e. The van der Waals surface area contributed by atoms with Gasteiger partial charge in [0.1, 0.15) is 17.8 Å². The number of amides is 3. The van der Waals surface area contributed by atoms with Gasteiger partial charge in [-0.2, -0.15) is 0 Å². The van der Waals surface area contributed by atoms with Crippen molar-refractivity contribution in [2.45, 2.75) is 77.7 Å². The second-order valence-corrected chi connectivity index (χ2v) is 12.4. The molecular weight excluding hydrogens is 538 g/mol. The highest BCUT2D eigenvalue weighted by molar-refractivity contribution is 6.29. The molecule has 1 spiro atoms. The fourth-order valence-electron chi connectivity index (χ4n) is 4.77. The van der Waals surface area contributed by atoms with Crippen LogP contribution in [-0.2, 0) is 20.8 Å². The fourth-order valence-corrected chi connectivity index (χ4v) is 4.91. The van der Waals surface area contributed by atoms with E-state index in [1.54, 1.807) is 46.4 Å². The van der Waals surface area contributed by atoms with Crippen LogP contribution in [0.5, 0.6) is 0 Å². The van der Waals surface area contributed by atoms with Crippen LogP contribution in [0, 0.1) is 0 Å². The Labute approximate surface area is 239 Å². The number of anilines is 2. The third kappa shape index (κ3) is 6.75. The third-order valence-corrected chi connectivity index (χ3v) is 6.68. The number of halogens is 1. The summed E-state index contributed by atoms with van der Waals surface area (Å²) in [5.74, 6) is 0.139. The van der Waals surface area contributed by atoms with E-state index in [0.717, 1.165) is 5.56 Å². The number of benzene rings is 1. The lowest BCUT2D eigenvalue weighted by molar-refractivity contribution is 0.0423. The number of piperidine rings is 1. The molecule has 12 heteroatoms. The van der Waals surface area contributed by atoms with Crippen molar-refractivity contribution in [1.82, 2.24) is 15.1 Å². The molecule has 11 nitrogen and oxygen atoms in total. The highest BCUT2D eigenvalue weighted by Gasteiger charge is 2.53. The minimum absolute atomic E-state index is 0.0513. The Kier molecular flexibility index (Phi) is 8.16. The predicted octanol–water partition coefficient (Wildman–Crippen LogP) is 5.80. The molecule has 40 heavy (non-hydrogen) atoms. The van der Waals surface area contributed by atoms with Crippen LogP contribution in [0.25, 0.3) is 0 Å². The summed E-state index contributed by atoms with van der Waals surface area (Å²) in [4.78, 5) is 44.5. The number of carbonyl (C=O) groups excluding carboxylic acids is 3. The van der Waals surface area contributed by atoms with Crippen LogP contribution in [0.2, 0.25) is 5.15 Å². The van der Waals surface area contributed by atoms with Gasteiger partial charge >= 0.3 is 18.3 Å². The molecule has 1 saturated heterocycles. The van der Waals surface area contributed by atoms with Crippen molar-refractivity contribution in [3.05, 3.63) is 47.1 Å². The van der Waals surface area contributed by atoms with E-state index in [1.165, 1.54) is 15.9 Å². The average Bonchev–Trinajstić information content (AvgIpc) is 2.85. The van der Waals surface area contributed by atoms with E-state index in [9.17, 15) is 14.4 Å². The number of ether oxygens (including phenoxy) is 3. The lowest BCUT2D eigenvalue weighted by atomic mass is 9.83. The molecule has 4 rings (SSSR count).